The van der Waals surface area contributed by atoms with Crippen molar-refractivity contribution in [1.29, 1.82) is 0 Å². The van der Waals surface area contributed by atoms with Gasteiger partial charge in [0.15, 0.2) is 0 Å². The highest BCUT2D eigenvalue weighted by molar-refractivity contribution is 9.11. The third-order valence-electron chi connectivity index (χ3n) is 2.41. The Morgan fingerprint density at radius 3 is 2.47 bits per heavy atom. The van der Waals surface area contributed by atoms with Crippen molar-refractivity contribution >= 4 is 59.4 Å². The molecule has 6 heteroatoms. The van der Waals surface area contributed by atoms with Gasteiger partial charge in [-0.25, -0.2) is 0 Å². The summed E-state index contributed by atoms with van der Waals surface area (Å²) in [7, 11) is 0. The fourth-order valence-electron chi connectivity index (χ4n) is 1.48. The van der Waals surface area contributed by atoms with Crippen LogP contribution in [-0.2, 0) is 0 Å². The second kappa shape index (κ2) is 6.07. The summed E-state index contributed by atoms with van der Waals surface area (Å²) in [6, 6.07) is 10.3. The topological polar surface area (TPSA) is 49.3 Å². The van der Waals surface area contributed by atoms with Crippen LogP contribution in [0, 0.1) is 0 Å². The maximum absolute atomic E-state index is 12.1. The molecular formula is C13H8Br3NO2. The van der Waals surface area contributed by atoms with E-state index in [9.17, 15) is 9.90 Å². The molecule has 2 N–H and O–H groups in total. The molecule has 2 rings (SSSR count). The highest BCUT2D eigenvalue weighted by Gasteiger charge is 2.14. The highest BCUT2D eigenvalue weighted by atomic mass is 79.9. The Labute approximate surface area is 135 Å². The number of amides is 1. The van der Waals surface area contributed by atoms with Crippen LogP contribution in [0.1, 0.15) is 10.4 Å². The van der Waals surface area contributed by atoms with Crippen molar-refractivity contribution in [1.82, 2.24) is 0 Å². The quantitative estimate of drug-likeness (QED) is 0.682. The maximum atomic E-state index is 12.1. The SMILES string of the molecule is O=C(Nc1ccc(Br)cc1Br)c1cccc(Br)c1O. The van der Waals surface area contributed by atoms with Gasteiger partial charge in [-0.2, -0.15) is 0 Å². The molecule has 2 aromatic rings. The first-order valence-electron chi connectivity index (χ1n) is 5.23. The Kier molecular flexibility index (Phi) is 4.65. The van der Waals surface area contributed by atoms with Crippen LogP contribution in [0.5, 0.6) is 5.75 Å². The van der Waals surface area contributed by atoms with Gasteiger partial charge in [0.25, 0.3) is 5.91 Å². The van der Waals surface area contributed by atoms with Crippen LogP contribution in [0.4, 0.5) is 5.69 Å². The zero-order chi connectivity index (χ0) is 14.0. The Hall–Kier alpha value is -0.850. The molecule has 0 saturated carbocycles. The fraction of sp³-hybridized carbons (Fsp3) is 0. The number of carbonyl (C=O) groups excluding carboxylic acids is 1. The molecule has 0 aliphatic heterocycles. The minimum Gasteiger partial charge on any atom is -0.506 e. The number of halogens is 3. The van der Waals surface area contributed by atoms with Crippen LogP contribution in [0.15, 0.2) is 49.8 Å². The lowest BCUT2D eigenvalue weighted by atomic mass is 10.2. The summed E-state index contributed by atoms with van der Waals surface area (Å²) in [5.41, 5.74) is 0.844. The molecule has 0 bridgehead atoms. The predicted molar refractivity (Wildman–Crippen MR) is 85.6 cm³/mol. The van der Waals surface area contributed by atoms with Crippen molar-refractivity contribution in [2.24, 2.45) is 0 Å². The van der Waals surface area contributed by atoms with E-state index in [1.165, 1.54) is 0 Å². The molecule has 0 spiro atoms. The minimum atomic E-state index is -0.373. The molecule has 19 heavy (non-hydrogen) atoms. The van der Waals surface area contributed by atoms with Gasteiger partial charge in [-0.1, -0.05) is 22.0 Å². The van der Waals surface area contributed by atoms with Crippen LogP contribution >= 0.6 is 47.8 Å². The number of carbonyl (C=O) groups is 1. The van der Waals surface area contributed by atoms with Gasteiger partial charge in [0.2, 0.25) is 0 Å². The zero-order valence-corrected chi connectivity index (χ0v) is 14.2. The average molecular weight is 450 g/mol. The largest absolute Gasteiger partial charge is 0.506 e. The summed E-state index contributed by atoms with van der Waals surface area (Å²) in [6.07, 6.45) is 0. The van der Waals surface area contributed by atoms with Crippen LogP contribution < -0.4 is 5.32 Å². The van der Waals surface area contributed by atoms with Gasteiger partial charge < -0.3 is 10.4 Å². The summed E-state index contributed by atoms with van der Waals surface area (Å²) >= 11 is 9.88. The summed E-state index contributed by atoms with van der Waals surface area (Å²) in [5, 5.41) is 12.6. The maximum Gasteiger partial charge on any atom is 0.259 e. The number of para-hydroxylation sites is 1. The Morgan fingerprint density at radius 2 is 1.79 bits per heavy atom. The van der Waals surface area contributed by atoms with Crippen molar-refractivity contribution < 1.29 is 9.90 Å². The van der Waals surface area contributed by atoms with E-state index in [2.05, 4.69) is 53.1 Å². The third-order valence-corrected chi connectivity index (χ3v) is 4.20. The summed E-state index contributed by atoms with van der Waals surface area (Å²) in [5.74, 6) is -0.449. The second-order valence-electron chi connectivity index (χ2n) is 3.71. The van der Waals surface area contributed by atoms with Gasteiger partial charge >= 0.3 is 0 Å². The van der Waals surface area contributed by atoms with Crippen LogP contribution in [-0.4, -0.2) is 11.0 Å². The third kappa shape index (κ3) is 3.38. The molecule has 0 saturated heterocycles. The van der Waals surface area contributed by atoms with Crippen molar-refractivity contribution in [3.8, 4) is 5.75 Å². The molecule has 0 atom stereocenters. The Morgan fingerprint density at radius 1 is 1.05 bits per heavy atom. The number of phenolic OH excluding ortho intramolecular Hbond substituents is 1. The first kappa shape index (κ1) is 14.6. The lowest BCUT2D eigenvalue weighted by Crippen LogP contribution is -2.12. The number of phenols is 1. The van der Waals surface area contributed by atoms with Crippen molar-refractivity contribution in [2.75, 3.05) is 5.32 Å². The van der Waals surface area contributed by atoms with Gasteiger partial charge in [0, 0.05) is 8.95 Å². The minimum absolute atomic E-state index is 0.0757. The first-order valence-corrected chi connectivity index (χ1v) is 7.61. The molecule has 0 radical (unpaired) electrons. The normalized spacial score (nSPS) is 10.3. The number of hydrogen-bond donors (Lipinski definition) is 2. The molecule has 0 aromatic heterocycles. The molecule has 0 unspecified atom stereocenters. The number of benzene rings is 2. The second-order valence-corrected chi connectivity index (χ2v) is 6.34. The van der Waals surface area contributed by atoms with Crippen LogP contribution in [0.25, 0.3) is 0 Å². The van der Waals surface area contributed by atoms with Crippen molar-refractivity contribution in [3.63, 3.8) is 0 Å². The van der Waals surface area contributed by atoms with E-state index in [0.717, 1.165) is 8.95 Å². The number of anilines is 1. The smallest absolute Gasteiger partial charge is 0.259 e. The monoisotopic (exact) mass is 447 g/mol. The average Bonchev–Trinajstić information content (AvgIpc) is 2.36. The van der Waals surface area contributed by atoms with E-state index < -0.39 is 0 Å². The molecule has 98 valence electrons. The van der Waals surface area contributed by atoms with Crippen LogP contribution in [0.2, 0.25) is 0 Å². The van der Waals surface area contributed by atoms with E-state index in [-0.39, 0.29) is 17.2 Å². The highest BCUT2D eigenvalue weighted by Crippen LogP contribution is 2.30. The molecule has 1 amide bonds. The van der Waals surface area contributed by atoms with Gasteiger partial charge in [-0.05, 0) is 62.2 Å². The van der Waals surface area contributed by atoms with E-state index in [4.69, 9.17) is 0 Å². The Bertz CT molecular complexity index is 644. The van der Waals surface area contributed by atoms with Gasteiger partial charge in [-0.15, -0.1) is 0 Å². The van der Waals surface area contributed by atoms with Crippen LogP contribution in [0.3, 0.4) is 0 Å². The number of aromatic hydroxyl groups is 1. The number of hydrogen-bond acceptors (Lipinski definition) is 2. The van der Waals surface area contributed by atoms with E-state index >= 15 is 0 Å². The van der Waals surface area contributed by atoms with E-state index in [1.54, 1.807) is 24.3 Å². The predicted octanol–water partition coefficient (Wildman–Crippen LogP) is 4.93. The van der Waals surface area contributed by atoms with Gasteiger partial charge in [0.1, 0.15) is 5.75 Å². The molecule has 0 heterocycles. The molecule has 3 nitrogen and oxygen atoms in total. The summed E-state index contributed by atoms with van der Waals surface area (Å²) in [4.78, 5) is 12.1. The van der Waals surface area contributed by atoms with E-state index in [1.807, 2.05) is 12.1 Å². The number of rotatable bonds is 2. The molecule has 0 fully saturated rings. The lowest BCUT2D eigenvalue weighted by Gasteiger charge is -2.09. The summed E-state index contributed by atoms with van der Waals surface area (Å²) < 4.78 is 2.14. The molecule has 2 aromatic carbocycles. The zero-order valence-electron chi connectivity index (χ0n) is 9.45. The number of nitrogens with one attached hydrogen (secondary N) is 1. The Balaban J connectivity index is 2.28. The first-order chi connectivity index (χ1) is 8.99. The lowest BCUT2D eigenvalue weighted by molar-refractivity contribution is 0.102. The van der Waals surface area contributed by atoms with Gasteiger partial charge in [0.05, 0.1) is 15.7 Å². The fourth-order valence-corrected chi connectivity index (χ4v) is 2.99. The molecule has 0 aliphatic rings. The van der Waals surface area contributed by atoms with Gasteiger partial charge in [-0.3, -0.25) is 4.79 Å². The standard InChI is InChI=1S/C13H8Br3NO2/c14-7-4-5-11(10(16)6-7)17-13(19)8-2-1-3-9(15)12(8)18/h1-6,18H,(H,17,19). The van der Waals surface area contributed by atoms with E-state index in [0.29, 0.717) is 10.2 Å². The summed E-state index contributed by atoms with van der Waals surface area (Å²) in [6.45, 7) is 0. The van der Waals surface area contributed by atoms with Crippen molar-refractivity contribution in [3.05, 3.63) is 55.4 Å². The molecular weight excluding hydrogens is 442 g/mol. The molecule has 0 aliphatic carbocycles. The van der Waals surface area contributed by atoms with Crippen molar-refractivity contribution in [2.45, 2.75) is 0 Å².